The van der Waals surface area contributed by atoms with Crippen molar-refractivity contribution in [2.24, 2.45) is 4.99 Å². The molecule has 2 aliphatic heterocycles. The Kier molecular flexibility index (Phi) is 8.76. The van der Waals surface area contributed by atoms with Gasteiger partial charge in [0.2, 0.25) is 0 Å². The summed E-state index contributed by atoms with van der Waals surface area (Å²) in [5.41, 5.74) is 5.12. The van der Waals surface area contributed by atoms with E-state index in [4.69, 9.17) is 9.84 Å². The van der Waals surface area contributed by atoms with Crippen LogP contribution in [0.3, 0.4) is 0 Å². The van der Waals surface area contributed by atoms with Crippen LogP contribution in [-0.2, 0) is 17.9 Å². The van der Waals surface area contributed by atoms with Gasteiger partial charge in [-0.1, -0.05) is 66.7 Å². The predicted octanol–water partition coefficient (Wildman–Crippen LogP) is 7.05. The minimum Gasteiger partial charge on any atom is -0.489 e. The number of carbonyl (C=O) groups is 1. The van der Waals surface area contributed by atoms with Gasteiger partial charge in [-0.25, -0.2) is 9.07 Å². The average molecular weight is 630 g/mol. The van der Waals surface area contributed by atoms with Crippen LogP contribution in [0.5, 0.6) is 5.75 Å². The van der Waals surface area contributed by atoms with Gasteiger partial charge in [0, 0.05) is 55.6 Å². The number of hydrogen-bond donors (Lipinski definition) is 0. The Bertz CT molecular complexity index is 1880. The second-order valence-electron chi connectivity index (χ2n) is 11.2. The molecule has 7 nitrogen and oxygen atoms in total. The molecule has 0 saturated carbocycles. The number of amides is 1. The highest BCUT2D eigenvalue weighted by molar-refractivity contribution is 8.18. The van der Waals surface area contributed by atoms with E-state index in [9.17, 15) is 9.18 Å². The van der Waals surface area contributed by atoms with Crippen molar-refractivity contribution in [2.45, 2.75) is 13.2 Å². The first-order valence-electron chi connectivity index (χ1n) is 15.2. The molecule has 46 heavy (non-hydrogen) atoms. The van der Waals surface area contributed by atoms with Crippen molar-refractivity contribution in [3.63, 3.8) is 0 Å². The maximum Gasteiger partial charge on any atom is 0.286 e. The molecule has 2 aliphatic rings. The third-order valence-corrected chi connectivity index (χ3v) is 9.08. The Morgan fingerprint density at radius 2 is 1.52 bits per heavy atom. The summed E-state index contributed by atoms with van der Waals surface area (Å²) in [6.45, 7) is 4.52. The van der Waals surface area contributed by atoms with E-state index in [1.165, 1.54) is 23.4 Å². The molecule has 0 atom stereocenters. The second kappa shape index (κ2) is 13.6. The van der Waals surface area contributed by atoms with Crippen LogP contribution < -0.4 is 4.74 Å². The second-order valence-corrected chi connectivity index (χ2v) is 12.2. The molecule has 1 aromatic heterocycles. The van der Waals surface area contributed by atoms with Gasteiger partial charge in [0.15, 0.2) is 5.17 Å². The molecule has 0 radical (unpaired) electrons. The number of nitrogens with zero attached hydrogens (tertiary/aromatic N) is 5. The van der Waals surface area contributed by atoms with E-state index in [2.05, 4.69) is 39.1 Å². The minimum absolute atomic E-state index is 0.135. The van der Waals surface area contributed by atoms with Gasteiger partial charge in [0.05, 0.1) is 16.3 Å². The van der Waals surface area contributed by atoms with Crippen molar-refractivity contribution in [1.29, 1.82) is 0 Å². The Morgan fingerprint density at radius 1 is 0.826 bits per heavy atom. The lowest BCUT2D eigenvalue weighted by Gasteiger charge is -2.35. The molecule has 7 rings (SSSR count). The number of thioether (sulfide) groups is 1. The van der Waals surface area contributed by atoms with Crippen molar-refractivity contribution in [3.8, 4) is 22.7 Å². The Balaban J connectivity index is 1.08. The van der Waals surface area contributed by atoms with Gasteiger partial charge in [0.25, 0.3) is 5.91 Å². The van der Waals surface area contributed by atoms with E-state index in [1.54, 1.807) is 18.2 Å². The van der Waals surface area contributed by atoms with E-state index in [0.29, 0.717) is 16.2 Å². The van der Waals surface area contributed by atoms with Gasteiger partial charge in [-0.2, -0.15) is 10.1 Å². The normalized spacial score (nSPS) is 16.2. The maximum atomic E-state index is 14.0. The van der Waals surface area contributed by atoms with E-state index >= 15 is 0 Å². The van der Waals surface area contributed by atoms with Gasteiger partial charge in [-0.05, 0) is 65.9 Å². The first-order valence-corrected chi connectivity index (χ1v) is 16.1. The number of para-hydroxylation sites is 1. The number of carbonyl (C=O) groups excluding carboxylic acids is 1. The van der Waals surface area contributed by atoms with Crippen LogP contribution in [-0.4, -0.2) is 56.8 Å². The van der Waals surface area contributed by atoms with Crippen molar-refractivity contribution in [1.82, 2.24) is 19.6 Å². The fraction of sp³-hybridized carbons (Fsp3) is 0.162. The highest BCUT2D eigenvalue weighted by atomic mass is 32.2. The third kappa shape index (κ3) is 6.80. The summed E-state index contributed by atoms with van der Waals surface area (Å²) < 4.78 is 21.7. The van der Waals surface area contributed by atoms with Crippen LogP contribution in [0, 0.1) is 5.82 Å². The van der Waals surface area contributed by atoms with Crippen LogP contribution in [0.1, 0.15) is 16.7 Å². The number of ether oxygens (including phenoxy) is 1. The van der Waals surface area contributed by atoms with Crippen LogP contribution in [0.2, 0.25) is 0 Å². The fourth-order valence-corrected chi connectivity index (χ4v) is 6.48. The molecule has 1 fully saturated rings. The minimum atomic E-state index is -0.292. The Hall–Kier alpha value is -4.99. The summed E-state index contributed by atoms with van der Waals surface area (Å²) in [5, 5.41) is 5.67. The Labute approximate surface area is 271 Å². The van der Waals surface area contributed by atoms with Crippen molar-refractivity contribution >= 4 is 28.9 Å². The van der Waals surface area contributed by atoms with Gasteiger partial charge in [0.1, 0.15) is 18.2 Å². The van der Waals surface area contributed by atoms with Gasteiger partial charge >= 0.3 is 0 Å². The standard InChI is InChI=1S/C37H32FN5O2S/c38-33-14-8-7-11-29(33)26-45-32-17-15-28(16-18-32)35-30(25-43(40-35)31-12-5-2-6-13-31)23-34-36(44)39-37(46-34)42-21-19-41(20-22-42)24-27-9-3-1-4-10-27/h1-18,23,25H,19-22,24,26H2/b34-23-. The lowest BCUT2D eigenvalue weighted by molar-refractivity contribution is -0.113. The quantitative estimate of drug-likeness (QED) is 0.172. The molecule has 0 unspecified atom stereocenters. The van der Waals surface area contributed by atoms with Crippen molar-refractivity contribution in [3.05, 3.63) is 143 Å². The third-order valence-electron chi connectivity index (χ3n) is 8.03. The van der Waals surface area contributed by atoms with Crippen molar-refractivity contribution in [2.75, 3.05) is 26.2 Å². The number of aromatic nitrogens is 2. The van der Waals surface area contributed by atoms with E-state index in [0.717, 1.165) is 60.4 Å². The first-order chi connectivity index (χ1) is 22.6. The zero-order valence-corrected chi connectivity index (χ0v) is 25.9. The number of benzene rings is 4. The largest absolute Gasteiger partial charge is 0.489 e. The molecule has 1 amide bonds. The molecule has 1 saturated heterocycles. The first kappa shape index (κ1) is 29.7. The smallest absolute Gasteiger partial charge is 0.286 e. The molecule has 0 bridgehead atoms. The topological polar surface area (TPSA) is 63.0 Å². The molecule has 9 heteroatoms. The highest BCUT2D eigenvalue weighted by Crippen LogP contribution is 2.34. The van der Waals surface area contributed by atoms with Gasteiger partial charge < -0.3 is 9.64 Å². The predicted molar refractivity (Wildman–Crippen MR) is 181 cm³/mol. The molecule has 4 aromatic carbocycles. The molecule has 5 aromatic rings. The molecule has 0 aliphatic carbocycles. The average Bonchev–Trinajstić information content (AvgIpc) is 3.69. The summed E-state index contributed by atoms with van der Waals surface area (Å²) in [5.74, 6) is 0.0971. The summed E-state index contributed by atoms with van der Waals surface area (Å²) in [7, 11) is 0. The number of rotatable bonds is 8. The summed E-state index contributed by atoms with van der Waals surface area (Å²) in [6, 6.07) is 34.5. The zero-order chi connectivity index (χ0) is 31.3. The van der Waals surface area contributed by atoms with Crippen LogP contribution >= 0.6 is 11.8 Å². The fourth-order valence-electron chi connectivity index (χ4n) is 5.53. The van der Waals surface area contributed by atoms with Crippen LogP contribution in [0.15, 0.2) is 125 Å². The van der Waals surface area contributed by atoms with E-state index in [-0.39, 0.29) is 18.3 Å². The summed E-state index contributed by atoms with van der Waals surface area (Å²) >= 11 is 1.42. The Morgan fingerprint density at radius 3 is 2.26 bits per heavy atom. The maximum absolute atomic E-state index is 14.0. The number of amidine groups is 1. The SMILES string of the molecule is O=C1N=C(N2CCN(Cc3ccccc3)CC2)S/C1=C\c1cn(-c2ccccc2)nc1-c1ccc(OCc2ccccc2F)cc1. The van der Waals surface area contributed by atoms with Crippen molar-refractivity contribution < 1.29 is 13.9 Å². The molecule has 0 N–H and O–H groups in total. The lowest BCUT2D eigenvalue weighted by atomic mass is 10.1. The number of piperazine rings is 1. The molecule has 0 spiro atoms. The highest BCUT2D eigenvalue weighted by Gasteiger charge is 2.29. The molecule has 230 valence electrons. The number of halogens is 1. The lowest BCUT2D eigenvalue weighted by Crippen LogP contribution is -2.47. The number of hydrogen-bond acceptors (Lipinski definition) is 6. The monoisotopic (exact) mass is 629 g/mol. The number of aliphatic imine (C=N–C) groups is 1. The van der Waals surface area contributed by atoms with Gasteiger partial charge in [-0.3, -0.25) is 9.69 Å². The van der Waals surface area contributed by atoms with E-state index < -0.39 is 0 Å². The van der Waals surface area contributed by atoms with Gasteiger partial charge in [-0.15, -0.1) is 0 Å². The summed E-state index contributed by atoms with van der Waals surface area (Å²) in [4.78, 5) is 22.8. The zero-order valence-electron chi connectivity index (χ0n) is 25.1. The van der Waals surface area contributed by atoms with Crippen LogP contribution in [0.4, 0.5) is 4.39 Å². The summed E-state index contributed by atoms with van der Waals surface area (Å²) in [6.07, 6.45) is 3.83. The molecular formula is C37H32FN5O2S. The van der Waals surface area contributed by atoms with Crippen LogP contribution in [0.25, 0.3) is 23.0 Å². The van der Waals surface area contributed by atoms with E-state index in [1.807, 2.05) is 77.6 Å². The molecular weight excluding hydrogens is 598 g/mol. The molecule has 3 heterocycles.